The van der Waals surface area contributed by atoms with Gasteiger partial charge in [-0.15, -0.1) is 0 Å². The van der Waals surface area contributed by atoms with Crippen molar-refractivity contribution in [1.29, 1.82) is 0 Å². The maximum absolute atomic E-state index is 12.6. The molecule has 0 radical (unpaired) electrons. The molecule has 0 saturated carbocycles. The van der Waals surface area contributed by atoms with Crippen molar-refractivity contribution >= 4 is 21.8 Å². The van der Waals surface area contributed by atoms with Crippen molar-refractivity contribution in [2.75, 3.05) is 32.4 Å². The summed E-state index contributed by atoms with van der Waals surface area (Å²) in [5.74, 6) is -1.65. The first-order valence-electron chi connectivity index (χ1n) is 7.28. The van der Waals surface area contributed by atoms with Crippen LogP contribution in [0.1, 0.15) is 17.3 Å². The topological polar surface area (TPSA) is 119 Å². The Morgan fingerprint density at radius 2 is 2.04 bits per heavy atom. The van der Waals surface area contributed by atoms with Gasteiger partial charge in [-0.05, 0) is 6.92 Å². The van der Waals surface area contributed by atoms with Crippen LogP contribution in [0.2, 0.25) is 0 Å². The molecule has 1 saturated heterocycles. The number of hydrogen-bond acceptors (Lipinski definition) is 5. The molecule has 0 unspecified atom stereocenters. The second kappa shape index (κ2) is 6.67. The number of sulfonamides is 1. The van der Waals surface area contributed by atoms with E-state index in [0.717, 1.165) is 6.26 Å². The minimum absolute atomic E-state index is 0.00777. The number of nitrogens with zero attached hydrogens (tertiary/aromatic N) is 4. The first-order chi connectivity index (χ1) is 10.7. The number of aryl methyl sites for hydroxylation is 1. The Hall–Kier alpha value is -1.94. The third-order valence-corrected chi connectivity index (χ3v) is 5.12. The van der Waals surface area contributed by atoms with Gasteiger partial charge in [-0.25, -0.2) is 8.42 Å². The van der Waals surface area contributed by atoms with E-state index in [1.54, 1.807) is 10.9 Å². The molecule has 0 spiro atoms. The largest absolute Gasteiger partial charge is 0.369 e. The van der Waals surface area contributed by atoms with E-state index in [4.69, 9.17) is 5.73 Å². The summed E-state index contributed by atoms with van der Waals surface area (Å²) in [6.07, 6.45) is 4.17. The zero-order chi connectivity index (χ0) is 17.2. The Kier molecular flexibility index (Phi) is 5.05. The smallest absolute Gasteiger partial charge is 0.257 e. The van der Waals surface area contributed by atoms with Gasteiger partial charge in [-0.1, -0.05) is 0 Å². The second-order valence-corrected chi connectivity index (χ2v) is 7.54. The molecule has 0 bridgehead atoms. The van der Waals surface area contributed by atoms with Crippen molar-refractivity contribution in [2.45, 2.75) is 13.5 Å². The van der Waals surface area contributed by atoms with E-state index in [1.807, 2.05) is 6.92 Å². The Balaban J connectivity index is 2.22. The first-order valence-corrected chi connectivity index (χ1v) is 9.13. The second-order valence-electron chi connectivity index (χ2n) is 5.56. The van der Waals surface area contributed by atoms with E-state index in [9.17, 15) is 18.0 Å². The molecule has 2 heterocycles. The van der Waals surface area contributed by atoms with Crippen LogP contribution in [0.4, 0.5) is 0 Å². The predicted molar refractivity (Wildman–Crippen MR) is 82.9 cm³/mol. The van der Waals surface area contributed by atoms with Crippen LogP contribution in [0, 0.1) is 5.92 Å². The summed E-state index contributed by atoms with van der Waals surface area (Å²) < 4.78 is 26.3. The summed E-state index contributed by atoms with van der Waals surface area (Å²) in [4.78, 5) is 25.6. The van der Waals surface area contributed by atoms with Crippen LogP contribution < -0.4 is 5.73 Å². The monoisotopic (exact) mass is 343 g/mol. The fourth-order valence-corrected chi connectivity index (χ4v) is 3.34. The molecule has 1 aromatic rings. The normalized spacial score (nSPS) is 20.3. The van der Waals surface area contributed by atoms with Gasteiger partial charge in [0.15, 0.2) is 0 Å². The van der Waals surface area contributed by atoms with Gasteiger partial charge in [0.25, 0.3) is 5.91 Å². The highest BCUT2D eigenvalue weighted by Crippen LogP contribution is 2.15. The predicted octanol–water partition coefficient (Wildman–Crippen LogP) is -1.28. The molecule has 2 N–H and O–H groups in total. The van der Waals surface area contributed by atoms with Crippen LogP contribution in [0.5, 0.6) is 0 Å². The van der Waals surface area contributed by atoms with Crippen molar-refractivity contribution in [2.24, 2.45) is 11.7 Å². The van der Waals surface area contributed by atoms with Crippen LogP contribution in [0.25, 0.3) is 0 Å². The molecule has 1 aliphatic rings. The molecule has 10 heteroatoms. The van der Waals surface area contributed by atoms with Gasteiger partial charge < -0.3 is 10.6 Å². The lowest BCUT2D eigenvalue weighted by molar-refractivity contribution is -0.122. The number of carbonyl (C=O) groups is 2. The van der Waals surface area contributed by atoms with Crippen LogP contribution in [-0.4, -0.2) is 71.7 Å². The quantitative estimate of drug-likeness (QED) is 0.730. The van der Waals surface area contributed by atoms with Gasteiger partial charge in [0.1, 0.15) is 0 Å². The van der Waals surface area contributed by atoms with Gasteiger partial charge >= 0.3 is 0 Å². The molecule has 0 aromatic carbocycles. The van der Waals surface area contributed by atoms with Crippen molar-refractivity contribution in [3.8, 4) is 0 Å². The van der Waals surface area contributed by atoms with Crippen LogP contribution in [-0.2, 0) is 21.4 Å². The molecular weight excluding hydrogens is 322 g/mol. The van der Waals surface area contributed by atoms with E-state index < -0.39 is 21.8 Å². The van der Waals surface area contributed by atoms with E-state index in [-0.39, 0.29) is 32.1 Å². The number of aromatic nitrogens is 2. The number of rotatable bonds is 4. The lowest BCUT2D eigenvalue weighted by Gasteiger charge is -2.21. The highest BCUT2D eigenvalue weighted by Gasteiger charge is 2.32. The Morgan fingerprint density at radius 3 is 2.57 bits per heavy atom. The third kappa shape index (κ3) is 4.08. The number of amides is 2. The number of carbonyl (C=O) groups excluding carboxylic acids is 2. The molecule has 2 amide bonds. The first kappa shape index (κ1) is 17.4. The van der Waals surface area contributed by atoms with Gasteiger partial charge in [0.05, 0.1) is 23.9 Å². The van der Waals surface area contributed by atoms with E-state index in [0.29, 0.717) is 12.1 Å². The van der Waals surface area contributed by atoms with Gasteiger partial charge in [-0.3, -0.25) is 14.3 Å². The number of primary amides is 1. The molecule has 9 nitrogen and oxygen atoms in total. The van der Waals surface area contributed by atoms with Crippen LogP contribution in [0.3, 0.4) is 0 Å². The summed E-state index contributed by atoms with van der Waals surface area (Å²) in [7, 11) is -3.46. The molecule has 1 aliphatic heterocycles. The van der Waals surface area contributed by atoms with E-state index in [1.165, 1.54) is 15.4 Å². The van der Waals surface area contributed by atoms with Crippen LogP contribution in [0.15, 0.2) is 12.4 Å². The minimum Gasteiger partial charge on any atom is -0.369 e. The fraction of sp³-hybridized carbons (Fsp3) is 0.615. The average Bonchev–Trinajstić information content (AvgIpc) is 2.82. The highest BCUT2D eigenvalue weighted by atomic mass is 32.2. The van der Waals surface area contributed by atoms with E-state index >= 15 is 0 Å². The summed E-state index contributed by atoms with van der Waals surface area (Å²) in [6, 6.07) is 0. The minimum atomic E-state index is -3.46. The van der Waals surface area contributed by atoms with Crippen molar-refractivity contribution in [3.05, 3.63) is 18.0 Å². The Morgan fingerprint density at radius 1 is 1.35 bits per heavy atom. The molecular formula is C13H21N5O4S. The lowest BCUT2D eigenvalue weighted by Crippen LogP contribution is -2.41. The molecule has 128 valence electrons. The summed E-state index contributed by atoms with van der Waals surface area (Å²) >= 11 is 0. The summed E-state index contributed by atoms with van der Waals surface area (Å²) in [5, 5.41) is 4.05. The maximum atomic E-state index is 12.6. The fourth-order valence-electron chi connectivity index (χ4n) is 2.48. The SMILES string of the molecule is CCn1cc(C(=O)N2CCN(S(C)(=O)=O)C[C@H](C(N)=O)C2)cn1. The third-order valence-electron chi connectivity index (χ3n) is 3.85. The Labute approximate surface area is 135 Å². The zero-order valence-electron chi connectivity index (χ0n) is 13.2. The standard InChI is InChI=1S/C13H21N5O4S/c1-3-17-8-10(6-15-17)13(20)16-4-5-18(23(2,21)22)9-11(7-16)12(14)19/h6,8,11H,3-5,7,9H2,1-2H3,(H2,14,19)/t11-/m1/s1. The zero-order valence-corrected chi connectivity index (χ0v) is 14.0. The van der Waals surface area contributed by atoms with Crippen molar-refractivity contribution in [1.82, 2.24) is 19.0 Å². The molecule has 23 heavy (non-hydrogen) atoms. The average molecular weight is 343 g/mol. The van der Waals surface area contributed by atoms with Crippen molar-refractivity contribution in [3.63, 3.8) is 0 Å². The molecule has 0 aliphatic carbocycles. The number of hydrogen-bond donors (Lipinski definition) is 1. The molecule has 2 rings (SSSR count). The van der Waals surface area contributed by atoms with Gasteiger partial charge in [0, 0.05) is 38.9 Å². The maximum Gasteiger partial charge on any atom is 0.257 e. The van der Waals surface area contributed by atoms with E-state index in [2.05, 4.69) is 5.10 Å². The van der Waals surface area contributed by atoms with Gasteiger partial charge in [-0.2, -0.15) is 9.40 Å². The van der Waals surface area contributed by atoms with Crippen LogP contribution >= 0.6 is 0 Å². The lowest BCUT2D eigenvalue weighted by atomic mass is 10.1. The molecule has 1 atom stereocenters. The molecule has 1 aromatic heterocycles. The van der Waals surface area contributed by atoms with Crippen molar-refractivity contribution < 1.29 is 18.0 Å². The molecule has 1 fully saturated rings. The number of nitrogens with two attached hydrogens (primary N) is 1. The summed E-state index contributed by atoms with van der Waals surface area (Å²) in [6.45, 7) is 2.96. The summed E-state index contributed by atoms with van der Waals surface area (Å²) in [5.41, 5.74) is 5.76. The highest BCUT2D eigenvalue weighted by molar-refractivity contribution is 7.88. The Bertz CT molecular complexity index is 699. The van der Waals surface area contributed by atoms with Gasteiger partial charge in [0.2, 0.25) is 15.9 Å².